The van der Waals surface area contributed by atoms with Crippen LogP contribution in [0.25, 0.3) is 0 Å². The summed E-state index contributed by atoms with van der Waals surface area (Å²) in [6.45, 7) is 4.46. The first kappa shape index (κ1) is 11.7. The van der Waals surface area contributed by atoms with Crippen LogP contribution in [0.4, 0.5) is 0 Å². The number of benzene rings is 1. The van der Waals surface area contributed by atoms with Gasteiger partial charge in [0.25, 0.3) is 0 Å². The monoisotopic (exact) mass is 208 g/mol. The first-order valence-corrected chi connectivity index (χ1v) is 6.23. The Balaban J connectivity index is 2.59. The van der Waals surface area contributed by atoms with Crippen LogP contribution in [0.1, 0.15) is 44.2 Å². The normalized spacial score (nSPS) is 10.5. The Morgan fingerprint density at radius 2 is 1.93 bits per heavy atom. The van der Waals surface area contributed by atoms with Crippen molar-refractivity contribution in [3.05, 3.63) is 29.3 Å². The molecule has 0 fully saturated rings. The maximum atomic E-state index is 2.86. The third-order valence-electron chi connectivity index (χ3n) is 2.67. The summed E-state index contributed by atoms with van der Waals surface area (Å²) < 4.78 is 0. The molecule has 0 heterocycles. The number of unbranched alkanes of at least 4 members (excludes halogenated alkanes) is 2. The fourth-order valence-corrected chi connectivity index (χ4v) is 2.11. The van der Waals surface area contributed by atoms with Crippen LogP contribution in [-0.4, -0.2) is 0 Å². The lowest BCUT2D eigenvalue weighted by Crippen LogP contribution is -2.03. The summed E-state index contributed by atoms with van der Waals surface area (Å²) in [5.41, 5.74) is 2.94. The minimum Gasteiger partial charge on any atom is -0.105 e. The van der Waals surface area contributed by atoms with Crippen molar-refractivity contribution >= 4 is 14.5 Å². The van der Waals surface area contributed by atoms with Gasteiger partial charge in [-0.05, 0) is 35.7 Å². The number of hydrogen-bond donors (Lipinski definition) is 0. The highest BCUT2D eigenvalue weighted by Crippen LogP contribution is 2.10. The maximum absolute atomic E-state index is 2.86. The highest BCUT2D eigenvalue weighted by molar-refractivity contribution is 7.27. The van der Waals surface area contributed by atoms with Crippen LogP contribution >= 0.6 is 9.24 Å². The SMILES string of the molecule is CCCCCc1ccc(CC)cc1P. The van der Waals surface area contributed by atoms with Crippen LogP contribution in [0.15, 0.2) is 18.2 Å². The molecule has 0 spiro atoms. The fourth-order valence-electron chi connectivity index (χ4n) is 1.66. The van der Waals surface area contributed by atoms with Gasteiger partial charge in [-0.2, -0.15) is 0 Å². The second kappa shape index (κ2) is 6.19. The van der Waals surface area contributed by atoms with Crippen LogP contribution in [-0.2, 0) is 12.8 Å². The molecule has 1 aromatic carbocycles. The summed E-state index contributed by atoms with van der Waals surface area (Å²) in [4.78, 5) is 0. The second-order valence-electron chi connectivity index (χ2n) is 3.84. The Labute approximate surface area is 90.3 Å². The van der Waals surface area contributed by atoms with Gasteiger partial charge in [-0.3, -0.25) is 0 Å². The van der Waals surface area contributed by atoms with Gasteiger partial charge in [0.05, 0.1) is 0 Å². The van der Waals surface area contributed by atoms with Crippen molar-refractivity contribution in [1.82, 2.24) is 0 Å². The highest BCUT2D eigenvalue weighted by Gasteiger charge is 1.99. The van der Waals surface area contributed by atoms with E-state index in [0.717, 1.165) is 6.42 Å². The quantitative estimate of drug-likeness (QED) is 0.513. The Morgan fingerprint density at radius 1 is 1.14 bits per heavy atom. The summed E-state index contributed by atoms with van der Waals surface area (Å²) in [7, 11) is 2.86. The van der Waals surface area contributed by atoms with Crippen molar-refractivity contribution in [2.45, 2.75) is 46.0 Å². The minimum absolute atomic E-state index is 1.14. The van der Waals surface area contributed by atoms with E-state index in [1.54, 1.807) is 0 Å². The van der Waals surface area contributed by atoms with Gasteiger partial charge >= 0.3 is 0 Å². The summed E-state index contributed by atoms with van der Waals surface area (Å²) in [5.74, 6) is 0. The lowest BCUT2D eigenvalue weighted by Gasteiger charge is -2.06. The average molecular weight is 208 g/mol. The first-order valence-electron chi connectivity index (χ1n) is 5.65. The first-order chi connectivity index (χ1) is 6.77. The Kier molecular flexibility index (Phi) is 5.19. The topological polar surface area (TPSA) is 0 Å². The van der Waals surface area contributed by atoms with Gasteiger partial charge in [-0.15, -0.1) is 9.24 Å². The van der Waals surface area contributed by atoms with E-state index in [1.807, 2.05) is 0 Å². The molecule has 0 saturated heterocycles. The molecule has 1 aromatic rings. The van der Waals surface area contributed by atoms with E-state index in [9.17, 15) is 0 Å². The van der Waals surface area contributed by atoms with E-state index in [0.29, 0.717) is 0 Å². The zero-order chi connectivity index (χ0) is 10.4. The van der Waals surface area contributed by atoms with Gasteiger partial charge in [0.1, 0.15) is 0 Å². The molecule has 1 unspecified atom stereocenters. The summed E-state index contributed by atoms with van der Waals surface area (Å²) in [6.07, 6.45) is 6.34. The molecule has 1 heteroatoms. The lowest BCUT2D eigenvalue weighted by atomic mass is 10.0. The molecule has 0 aliphatic rings. The summed E-state index contributed by atoms with van der Waals surface area (Å²) >= 11 is 0. The summed E-state index contributed by atoms with van der Waals surface area (Å²) in [6, 6.07) is 6.84. The van der Waals surface area contributed by atoms with E-state index in [2.05, 4.69) is 41.3 Å². The molecule has 0 bridgehead atoms. The van der Waals surface area contributed by atoms with E-state index >= 15 is 0 Å². The van der Waals surface area contributed by atoms with Crippen molar-refractivity contribution < 1.29 is 0 Å². The molecule has 1 rings (SSSR count). The standard InChI is InChI=1S/C13H21P/c1-3-5-6-7-12-9-8-11(4-2)10-13(12)14/h8-10H,3-7,14H2,1-2H3. The maximum Gasteiger partial charge on any atom is -0.0268 e. The van der Waals surface area contributed by atoms with Crippen molar-refractivity contribution in [3.8, 4) is 0 Å². The Hall–Kier alpha value is -0.350. The molecule has 0 aliphatic heterocycles. The van der Waals surface area contributed by atoms with Crippen molar-refractivity contribution in [2.24, 2.45) is 0 Å². The van der Waals surface area contributed by atoms with Crippen molar-refractivity contribution in [1.29, 1.82) is 0 Å². The Bertz CT molecular complexity index is 279. The molecule has 14 heavy (non-hydrogen) atoms. The van der Waals surface area contributed by atoms with E-state index < -0.39 is 0 Å². The molecule has 1 atom stereocenters. The van der Waals surface area contributed by atoms with E-state index in [4.69, 9.17) is 0 Å². The molecule has 0 amide bonds. The molecule has 0 aliphatic carbocycles. The molecular formula is C13H21P. The number of aryl methyl sites for hydroxylation is 2. The third-order valence-corrected chi connectivity index (χ3v) is 3.21. The average Bonchev–Trinajstić information content (AvgIpc) is 2.20. The zero-order valence-corrected chi connectivity index (χ0v) is 10.5. The molecule has 0 nitrogen and oxygen atoms in total. The zero-order valence-electron chi connectivity index (χ0n) is 9.34. The third kappa shape index (κ3) is 3.42. The lowest BCUT2D eigenvalue weighted by molar-refractivity contribution is 0.719. The fraction of sp³-hybridized carbons (Fsp3) is 0.538. The Morgan fingerprint density at radius 3 is 2.50 bits per heavy atom. The van der Waals surface area contributed by atoms with Gasteiger partial charge in [-0.1, -0.05) is 44.9 Å². The molecule has 0 N–H and O–H groups in total. The van der Waals surface area contributed by atoms with Gasteiger partial charge in [0, 0.05) is 0 Å². The minimum atomic E-state index is 1.14. The van der Waals surface area contributed by atoms with Crippen molar-refractivity contribution in [3.63, 3.8) is 0 Å². The molecule has 78 valence electrons. The second-order valence-corrected chi connectivity index (χ2v) is 4.47. The number of rotatable bonds is 5. The predicted octanol–water partition coefficient (Wildman–Crippen LogP) is 3.48. The van der Waals surface area contributed by atoms with Crippen LogP contribution in [0.3, 0.4) is 0 Å². The van der Waals surface area contributed by atoms with Gasteiger partial charge in [-0.25, -0.2) is 0 Å². The van der Waals surface area contributed by atoms with Gasteiger partial charge in [0.2, 0.25) is 0 Å². The van der Waals surface area contributed by atoms with Crippen molar-refractivity contribution in [2.75, 3.05) is 0 Å². The smallest absolute Gasteiger partial charge is 0.0268 e. The van der Waals surface area contributed by atoms with E-state index in [1.165, 1.54) is 42.1 Å². The molecule has 0 saturated carbocycles. The highest BCUT2D eigenvalue weighted by atomic mass is 31.0. The van der Waals surface area contributed by atoms with Crippen LogP contribution in [0, 0.1) is 0 Å². The molecule has 0 aromatic heterocycles. The largest absolute Gasteiger partial charge is 0.105 e. The van der Waals surface area contributed by atoms with E-state index in [-0.39, 0.29) is 0 Å². The molecular weight excluding hydrogens is 187 g/mol. The predicted molar refractivity (Wildman–Crippen MR) is 68.4 cm³/mol. The van der Waals surface area contributed by atoms with Gasteiger partial charge < -0.3 is 0 Å². The molecule has 0 radical (unpaired) electrons. The van der Waals surface area contributed by atoms with Crippen LogP contribution < -0.4 is 5.30 Å². The van der Waals surface area contributed by atoms with Gasteiger partial charge in [0.15, 0.2) is 0 Å². The summed E-state index contributed by atoms with van der Waals surface area (Å²) in [5, 5.41) is 1.39. The number of hydrogen-bond acceptors (Lipinski definition) is 0. The van der Waals surface area contributed by atoms with Crippen LogP contribution in [0.2, 0.25) is 0 Å². The van der Waals surface area contributed by atoms with Crippen LogP contribution in [0.5, 0.6) is 0 Å².